The van der Waals surface area contributed by atoms with Crippen LogP contribution in [-0.2, 0) is 22.6 Å². The summed E-state index contributed by atoms with van der Waals surface area (Å²) in [5.41, 5.74) is 8.20. The van der Waals surface area contributed by atoms with Crippen LogP contribution in [0.3, 0.4) is 0 Å². The quantitative estimate of drug-likeness (QED) is 0.670. The molecule has 0 atom stereocenters. The average molecular weight is 271 g/mol. The third kappa shape index (κ3) is 3.75. The van der Waals surface area contributed by atoms with Gasteiger partial charge in [-0.1, -0.05) is 24.3 Å². The van der Waals surface area contributed by atoms with Gasteiger partial charge in [-0.2, -0.15) is 0 Å². The summed E-state index contributed by atoms with van der Waals surface area (Å²) < 4.78 is 10.4. The summed E-state index contributed by atoms with van der Waals surface area (Å²) in [6.07, 6.45) is 0.248. The number of rotatable bonds is 5. The molecule has 0 amide bonds. The molecule has 0 aliphatic heterocycles. The van der Waals surface area contributed by atoms with E-state index < -0.39 is 0 Å². The van der Waals surface area contributed by atoms with Gasteiger partial charge in [0.1, 0.15) is 12.4 Å². The maximum absolute atomic E-state index is 11.4. The van der Waals surface area contributed by atoms with Crippen LogP contribution >= 0.6 is 0 Å². The Balaban J connectivity index is 2.05. The first kappa shape index (κ1) is 13.9. The number of hydrogen-bond acceptors (Lipinski definition) is 4. The van der Waals surface area contributed by atoms with E-state index in [4.69, 9.17) is 15.2 Å². The molecule has 0 unspecified atom stereocenters. The molecule has 104 valence electrons. The summed E-state index contributed by atoms with van der Waals surface area (Å²) in [5, 5.41) is 0. The Kier molecular flexibility index (Phi) is 4.60. The Morgan fingerprint density at radius 2 is 1.70 bits per heavy atom. The van der Waals surface area contributed by atoms with Crippen molar-refractivity contribution < 1.29 is 14.3 Å². The lowest BCUT2D eigenvalue weighted by atomic mass is 10.1. The zero-order valence-electron chi connectivity index (χ0n) is 11.3. The van der Waals surface area contributed by atoms with Crippen molar-refractivity contribution in [3.05, 3.63) is 59.7 Å². The minimum Gasteiger partial charge on any atom is -0.489 e. The predicted octanol–water partition coefficient (Wildman–Crippen LogP) is 2.56. The van der Waals surface area contributed by atoms with Gasteiger partial charge in [0.25, 0.3) is 0 Å². The largest absolute Gasteiger partial charge is 0.489 e. The number of nitrogens with two attached hydrogens (primary N) is 1. The van der Waals surface area contributed by atoms with Crippen LogP contribution in [0.1, 0.15) is 11.1 Å². The van der Waals surface area contributed by atoms with E-state index >= 15 is 0 Å². The van der Waals surface area contributed by atoms with Crippen molar-refractivity contribution >= 4 is 11.7 Å². The molecule has 0 bridgehead atoms. The van der Waals surface area contributed by atoms with E-state index in [1.807, 2.05) is 36.4 Å². The van der Waals surface area contributed by atoms with Crippen molar-refractivity contribution in [2.75, 3.05) is 12.8 Å². The van der Waals surface area contributed by atoms with E-state index in [-0.39, 0.29) is 12.4 Å². The minimum atomic E-state index is -0.259. The van der Waals surface area contributed by atoms with E-state index in [1.165, 1.54) is 7.11 Å². The van der Waals surface area contributed by atoms with Gasteiger partial charge in [0, 0.05) is 5.69 Å². The van der Waals surface area contributed by atoms with Crippen LogP contribution in [-0.4, -0.2) is 13.1 Å². The molecule has 0 saturated carbocycles. The Labute approximate surface area is 118 Å². The average Bonchev–Trinajstić information content (AvgIpc) is 2.48. The Morgan fingerprint density at radius 3 is 2.35 bits per heavy atom. The molecule has 0 saturated heterocycles. The monoisotopic (exact) mass is 271 g/mol. The summed E-state index contributed by atoms with van der Waals surface area (Å²) in [7, 11) is 1.38. The van der Waals surface area contributed by atoms with Gasteiger partial charge in [0.15, 0.2) is 0 Å². The number of carbonyl (C=O) groups excluding carboxylic acids is 1. The molecule has 20 heavy (non-hydrogen) atoms. The minimum absolute atomic E-state index is 0.248. The molecule has 2 rings (SSSR count). The number of carbonyl (C=O) groups is 1. The van der Waals surface area contributed by atoms with Gasteiger partial charge in [0.05, 0.1) is 13.5 Å². The molecular weight excluding hydrogens is 254 g/mol. The van der Waals surface area contributed by atoms with Gasteiger partial charge in [-0.15, -0.1) is 0 Å². The zero-order valence-corrected chi connectivity index (χ0v) is 11.3. The molecule has 0 radical (unpaired) electrons. The molecular formula is C16H17NO3. The van der Waals surface area contributed by atoms with Crippen LogP contribution in [0.2, 0.25) is 0 Å². The first-order valence-corrected chi connectivity index (χ1v) is 6.31. The third-order valence-corrected chi connectivity index (χ3v) is 2.96. The predicted molar refractivity (Wildman–Crippen MR) is 77.3 cm³/mol. The topological polar surface area (TPSA) is 61.5 Å². The Morgan fingerprint density at radius 1 is 1.05 bits per heavy atom. The fourth-order valence-electron chi connectivity index (χ4n) is 1.82. The Hall–Kier alpha value is -2.49. The van der Waals surface area contributed by atoms with Crippen LogP contribution in [0.5, 0.6) is 5.75 Å². The van der Waals surface area contributed by atoms with Gasteiger partial charge >= 0.3 is 5.97 Å². The summed E-state index contributed by atoms with van der Waals surface area (Å²) in [6, 6.07) is 14.9. The van der Waals surface area contributed by atoms with Crippen molar-refractivity contribution in [2.45, 2.75) is 13.0 Å². The summed E-state index contributed by atoms with van der Waals surface area (Å²) in [5.74, 6) is 0.483. The second kappa shape index (κ2) is 6.61. The molecule has 0 heterocycles. The number of hydrogen-bond donors (Lipinski definition) is 1. The molecule has 2 aromatic carbocycles. The highest BCUT2D eigenvalue weighted by atomic mass is 16.5. The van der Waals surface area contributed by atoms with E-state index in [9.17, 15) is 4.79 Å². The number of methoxy groups -OCH3 is 1. The standard InChI is InChI=1S/C16H17NO3/c1-19-16(18)10-12-4-2-3-5-13(12)11-20-15-8-6-14(17)7-9-15/h2-9H,10-11,17H2,1H3. The number of benzene rings is 2. The molecule has 0 aromatic heterocycles. The SMILES string of the molecule is COC(=O)Cc1ccccc1COc1ccc(N)cc1. The van der Waals surface area contributed by atoms with E-state index in [1.54, 1.807) is 12.1 Å². The lowest BCUT2D eigenvalue weighted by Gasteiger charge is -2.10. The maximum Gasteiger partial charge on any atom is 0.309 e. The van der Waals surface area contributed by atoms with Gasteiger partial charge in [-0.3, -0.25) is 4.79 Å². The fourth-order valence-corrected chi connectivity index (χ4v) is 1.82. The smallest absolute Gasteiger partial charge is 0.309 e. The van der Waals surface area contributed by atoms with Gasteiger partial charge < -0.3 is 15.2 Å². The van der Waals surface area contributed by atoms with Crippen molar-refractivity contribution in [3.63, 3.8) is 0 Å². The van der Waals surface area contributed by atoms with Crippen LogP contribution in [0.25, 0.3) is 0 Å². The molecule has 4 nitrogen and oxygen atoms in total. The normalized spacial score (nSPS) is 10.1. The number of nitrogen functional groups attached to an aromatic ring is 1. The second-order valence-electron chi connectivity index (χ2n) is 4.38. The first-order chi connectivity index (χ1) is 9.69. The van der Waals surface area contributed by atoms with Gasteiger partial charge in [-0.05, 0) is 35.4 Å². The number of ether oxygens (including phenoxy) is 2. The maximum atomic E-state index is 11.4. The van der Waals surface area contributed by atoms with Crippen molar-refractivity contribution in [3.8, 4) is 5.75 Å². The van der Waals surface area contributed by atoms with E-state index in [0.29, 0.717) is 12.3 Å². The number of esters is 1. The molecule has 2 aromatic rings. The van der Waals surface area contributed by atoms with E-state index in [2.05, 4.69) is 0 Å². The molecule has 0 spiro atoms. The van der Waals surface area contributed by atoms with Gasteiger partial charge in [-0.25, -0.2) is 0 Å². The highest BCUT2D eigenvalue weighted by Crippen LogP contribution is 2.17. The summed E-state index contributed by atoms with van der Waals surface area (Å²) >= 11 is 0. The third-order valence-electron chi connectivity index (χ3n) is 2.96. The second-order valence-corrected chi connectivity index (χ2v) is 4.38. The zero-order chi connectivity index (χ0) is 14.4. The van der Waals surface area contributed by atoms with Crippen LogP contribution in [0, 0.1) is 0 Å². The lowest BCUT2D eigenvalue weighted by Crippen LogP contribution is -2.08. The molecule has 4 heteroatoms. The molecule has 2 N–H and O–H groups in total. The van der Waals surface area contributed by atoms with Crippen LogP contribution in [0.4, 0.5) is 5.69 Å². The summed E-state index contributed by atoms with van der Waals surface area (Å²) in [6.45, 7) is 0.400. The van der Waals surface area contributed by atoms with Crippen LogP contribution < -0.4 is 10.5 Å². The van der Waals surface area contributed by atoms with Crippen molar-refractivity contribution in [1.82, 2.24) is 0 Å². The molecule has 0 fully saturated rings. The van der Waals surface area contributed by atoms with Crippen LogP contribution in [0.15, 0.2) is 48.5 Å². The lowest BCUT2D eigenvalue weighted by molar-refractivity contribution is -0.139. The van der Waals surface area contributed by atoms with Crippen molar-refractivity contribution in [2.24, 2.45) is 0 Å². The fraction of sp³-hybridized carbons (Fsp3) is 0.188. The summed E-state index contributed by atoms with van der Waals surface area (Å²) in [4.78, 5) is 11.4. The Bertz CT molecular complexity index is 579. The van der Waals surface area contributed by atoms with Gasteiger partial charge in [0.2, 0.25) is 0 Å². The highest BCUT2D eigenvalue weighted by molar-refractivity contribution is 5.72. The van der Waals surface area contributed by atoms with Crippen molar-refractivity contribution in [1.29, 1.82) is 0 Å². The first-order valence-electron chi connectivity index (χ1n) is 6.31. The highest BCUT2D eigenvalue weighted by Gasteiger charge is 2.08. The van der Waals surface area contributed by atoms with E-state index in [0.717, 1.165) is 16.9 Å². The molecule has 0 aliphatic rings. The molecule has 0 aliphatic carbocycles. The number of anilines is 1.